The van der Waals surface area contributed by atoms with Crippen molar-refractivity contribution in [2.75, 3.05) is 7.11 Å². The number of unbranched alkanes of at least 4 members (excludes halogenated alkanes) is 4. The second-order valence-electron chi connectivity index (χ2n) is 9.18. The van der Waals surface area contributed by atoms with Gasteiger partial charge in [-0.05, 0) is 55.7 Å². The molecule has 0 bridgehead atoms. The zero-order chi connectivity index (χ0) is 23.1. The van der Waals surface area contributed by atoms with Crippen LogP contribution in [0.1, 0.15) is 76.7 Å². The molecule has 0 radical (unpaired) electrons. The molecule has 4 rings (SSSR count). The van der Waals surface area contributed by atoms with Crippen LogP contribution in [0, 0.1) is 25.2 Å². The molecule has 174 valence electrons. The molecule has 0 aromatic heterocycles. The van der Waals surface area contributed by atoms with E-state index in [1.807, 2.05) is 0 Å². The highest BCUT2D eigenvalue weighted by Crippen LogP contribution is 2.41. The minimum absolute atomic E-state index is 0.0182. The molecule has 32 heavy (non-hydrogen) atoms. The highest BCUT2D eigenvalue weighted by atomic mass is 16.5. The highest BCUT2D eigenvalue weighted by molar-refractivity contribution is 5.80. The number of likely N-dealkylation sites (tertiary alicyclic amines) is 1. The van der Waals surface area contributed by atoms with E-state index in [-0.39, 0.29) is 36.2 Å². The van der Waals surface area contributed by atoms with E-state index < -0.39 is 0 Å². The van der Waals surface area contributed by atoms with Gasteiger partial charge in [0.15, 0.2) is 0 Å². The number of terminal acetylenes is 1. The number of carbonyl (C=O) groups is 2. The molecule has 0 aromatic rings. The first-order valence-corrected chi connectivity index (χ1v) is 12.1. The van der Waals surface area contributed by atoms with Crippen LogP contribution in [-0.4, -0.2) is 42.3 Å². The molecule has 4 aliphatic rings. The Bertz CT molecular complexity index is 843. The summed E-state index contributed by atoms with van der Waals surface area (Å²) in [6.07, 6.45) is 14.5. The third-order valence-corrected chi connectivity index (χ3v) is 7.03. The zero-order valence-electron chi connectivity index (χ0n) is 19.8. The highest BCUT2D eigenvalue weighted by Gasteiger charge is 2.49. The molecule has 2 fully saturated rings. The Kier molecular flexibility index (Phi) is 8.61. The summed E-state index contributed by atoms with van der Waals surface area (Å²) in [5.74, 6) is 2.71. The molecule has 0 N–H and O–H groups in total. The summed E-state index contributed by atoms with van der Waals surface area (Å²) >= 11 is 0. The average Bonchev–Trinajstić information content (AvgIpc) is 3.16. The van der Waals surface area contributed by atoms with Gasteiger partial charge in [-0.3, -0.25) is 9.69 Å². The lowest BCUT2D eigenvalue weighted by atomic mass is 9.82. The van der Waals surface area contributed by atoms with Gasteiger partial charge < -0.3 is 9.47 Å². The second-order valence-corrected chi connectivity index (χ2v) is 9.18. The maximum absolute atomic E-state index is 12.2. The molecule has 1 aliphatic heterocycles. The van der Waals surface area contributed by atoms with Gasteiger partial charge in [-0.2, -0.15) is 0 Å². The van der Waals surface area contributed by atoms with E-state index in [0.29, 0.717) is 12.8 Å². The molecule has 1 saturated carbocycles. The molecule has 5 nitrogen and oxygen atoms in total. The van der Waals surface area contributed by atoms with Crippen LogP contribution in [0.2, 0.25) is 0 Å². The number of aryl methyl sites for hydroxylation is 1. The maximum atomic E-state index is 12.2. The van der Waals surface area contributed by atoms with Gasteiger partial charge in [0, 0.05) is 18.4 Å². The monoisotopic (exact) mass is 439 g/mol. The van der Waals surface area contributed by atoms with Crippen molar-refractivity contribution in [3.63, 3.8) is 0 Å². The fourth-order valence-corrected chi connectivity index (χ4v) is 5.21. The molecule has 1 heterocycles. The lowest BCUT2D eigenvalue weighted by Gasteiger charge is -2.36. The molecule has 0 spiro atoms. The number of rotatable bonds is 7. The lowest BCUT2D eigenvalue weighted by Crippen LogP contribution is -2.46. The molecular formula is C27H37NO4. The summed E-state index contributed by atoms with van der Waals surface area (Å²) in [7, 11) is 1.38. The van der Waals surface area contributed by atoms with Crippen molar-refractivity contribution < 1.29 is 19.1 Å². The number of hydrogen-bond donors (Lipinski definition) is 0. The van der Waals surface area contributed by atoms with Gasteiger partial charge >= 0.3 is 12.1 Å². The number of ether oxygens (including phenoxy) is 2. The van der Waals surface area contributed by atoms with Crippen molar-refractivity contribution in [3.05, 3.63) is 23.8 Å². The summed E-state index contributed by atoms with van der Waals surface area (Å²) in [5, 5.41) is 0. The van der Waals surface area contributed by atoms with Crippen molar-refractivity contribution in [2.24, 2.45) is 5.92 Å². The first-order chi connectivity index (χ1) is 15.5. The van der Waals surface area contributed by atoms with Crippen LogP contribution < -0.4 is 0 Å². The minimum Gasteiger partial charge on any atom is -0.462 e. The van der Waals surface area contributed by atoms with Crippen molar-refractivity contribution in [3.8, 4) is 23.5 Å². The van der Waals surface area contributed by atoms with Crippen molar-refractivity contribution >= 4 is 12.1 Å². The van der Waals surface area contributed by atoms with E-state index in [0.717, 1.165) is 32.1 Å². The van der Waals surface area contributed by atoms with E-state index in [2.05, 4.69) is 38.0 Å². The molecule has 5 heteroatoms. The number of hydrogen-bond acceptors (Lipinski definition) is 4. The predicted octanol–water partition coefficient (Wildman–Crippen LogP) is 5.88. The van der Waals surface area contributed by atoms with Crippen LogP contribution >= 0.6 is 0 Å². The van der Waals surface area contributed by atoms with E-state index in [9.17, 15) is 9.59 Å². The summed E-state index contributed by atoms with van der Waals surface area (Å²) in [6.45, 7) is 4.32. The van der Waals surface area contributed by atoms with E-state index >= 15 is 0 Å². The van der Waals surface area contributed by atoms with E-state index in [1.165, 1.54) is 43.1 Å². The second kappa shape index (κ2) is 11.4. The van der Waals surface area contributed by atoms with Gasteiger partial charge in [0.1, 0.15) is 6.10 Å². The smallest absolute Gasteiger partial charge is 0.410 e. The Morgan fingerprint density at radius 1 is 1.19 bits per heavy atom. The average molecular weight is 440 g/mol. The van der Waals surface area contributed by atoms with Crippen molar-refractivity contribution in [1.82, 2.24) is 4.90 Å². The molecule has 1 unspecified atom stereocenters. The Balaban J connectivity index is 0.000000343. The Morgan fingerprint density at radius 2 is 1.97 bits per heavy atom. The number of amides is 1. The van der Waals surface area contributed by atoms with Gasteiger partial charge in [0.05, 0.1) is 13.2 Å². The number of fused-ring (bicyclic) bond motifs is 2. The van der Waals surface area contributed by atoms with Crippen molar-refractivity contribution in [1.29, 1.82) is 0 Å². The number of methoxy groups -OCH3 is 1. The molecular weight excluding hydrogens is 402 g/mol. The Hall–Kier alpha value is -2.48. The molecule has 4 atom stereocenters. The van der Waals surface area contributed by atoms with E-state index in [1.54, 1.807) is 4.90 Å². The van der Waals surface area contributed by atoms with Crippen LogP contribution in [0.25, 0.3) is 11.1 Å². The normalized spacial score (nSPS) is 24.5. The Labute approximate surface area is 192 Å². The van der Waals surface area contributed by atoms with Gasteiger partial charge in [-0.1, -0.05) is 56.7 Å². The minimum atomic E-state index is -0.377. The van der Waals surface area contributed by atoms with Gasteiger partial charge in [0.25, 0.3) is 0 Å². The fourth-order valence-electron chi connectivity index (χ4n) is 5.21. The van der Waals surface area contributed by atoms with Gasteiger partial charge in [0.2, 0.25) is 0 Å². The van der Waals surface area contributed by atoms with Crippen molar-refractivity contribution in [2.45, 2.75) is 96.2 Å². The molecule has 1 amide bonds. The predicted molar refractivity (Wildman–Crippen MR) is 126 cm³/mol. The lowest BCUT2D eigenvalue weighted by molar-refractivity contribution is -0.154. The molecule has 1 saturated heterocycles. The molecule has 0 aromatic carbocycles. The third kappa shape index (κ3) is 5.46. The number of benzene rings is 1. The zero-order valence-corrected chi connectivity index (χ0v) is 19.8. The van der Waals surface area contributed by atoms with Gasteiger partial charge in [-0.15, -0.1) is 6.42 Å². The largest absolute Gasteiger partial charge is 0.462 e. The maximum Gasteiger partial charge on any atom is 0.410 e. The van der Waals surface area contributed by atoms with Gasteiger partial charge in [-0.25, -0.2) is 4.79 Å². The standard InChI is InChI=1S/C20H31NO4.C7H6/c1-4-6-7-8-9-13-19(22)25-18-12-10-11-17-16(18)14-15(5-2)21(17)20(23)24-3;1-5-4-6-2-3-7(5)6/h2,15-18H,4,6-14H2,1,3H3;2-4H,1H3/t15?,16-,17-,18+;/m1./s1. The summed E-state index contributed by atoms with van der Waals surface area (Å²) in [4.78, 5) is 26.0. The number of nitrogens with zero attached hydrogens (tertiary/aromatic N) is 1. The van der Waals surface area contributed by atoms with Crippen LogP contribution in [0.15, 0.2) is 18.2 Å². The number of carbonyl (C=O) groups excluding carboxylic acids is 2. The van der Waals surface area contributed by atoms with Crippen LogP contribution in [-0.2, 0) is 14.3 Å². The molecule has 3 aliphatic carbocycles. The quantitative estimate of drug-likeness (QED) is 0.307. The van der Waals surface area contributed by atoms with E-state index in [4.69, 9.17) is 15.9 Å². The summed E-state index contributed by atoms with van der Waals surface area (Å²) < 4.78 is 10.7. The van der Waals surface area contributed by atoms with Crippen LogP contribution in [0.5, 0.6) is 0 Å². The van der Waals surface area contributed by atoms with Crippen LogP contribution in [0.3, 0.4) is 0 Å². The fraction of sp³-hybridized carbons (Fsp3) is 0.630. The number of esters is 1. The first-order valence-electron chi connectivity index (χ1n) is 12.1. The SMILES string of the molecule is C#CC1C[C@H]2[C@@H](OC(=O)CCCCCCC)CCC[C@H]2N1C(=O)OC.Cc1cc2ccc1-2. The summed E-state index contributed by atoms with van der Waals surface area (Å²) in [6, 6.07) is 6.25. The first kappa shape index (κ1) is 24.2. The third-order valence-electron chi connectivity index (χ3n) is 7.03. The van der Waals surface area contributed by atoms with Crippen LogP contribution in [0.4, 0.5) is 4.79 Å². The Morgan fingerprint density at radius 3 is 2.50 bits per heavy atom. The topological polar surface area (TPSA) is 55.8 Å². The summed E-state index contributed by atoms with van der Waals surface area (Å²) in [5.41, 5.74) is 4.36.